The summed E-state index contributed by atoms with van der Waals surface area (Å²) in [5.74, 6) is -0.101. The first-order valence-electron chi connectivity index (χ1n) is 9.34. The van der Waals surface area contributed by atoms with Crippen molar-refractivity contribution in [3.05, 3.63) is 42.0 Å². The van der Waals surface area contributed by atoms with Crippen LogP contribution < -0.4 is 10.9 Å². The quantitative estimate of drug-likeness (QED) is 0.726. The molecule has 2 heterocycles. The van der Waals surface area contributed by atoms with E-state index in [2.05, 4.69) is 10.9 Å². The molecule has 0 bridgehead atoms. The van der Waals surface area contributed by atoms with E-state index in [1.807, 2.05) is 47.4 Å². The molecule has 0 spiro atoms. The van der Waals surface area contributed by atoms with Crippen molar-refractivity contribution in [3.63, 3.8) is 0 Å². The Morgan fingerprint density at radius 2 is 1.88 bits per heavy atom. The zero-order chi connectivity index (χ0) is 18.4. The van der Waals surface area contributed by atoms with Gasteiger partial charge in [-0.25, -0.2) is 0 Å². The lowest BCUT2D eigenvalue weighted by molar-refractivity contribution is -0.137. The van der Waals surface area contributed by atoms with Crippen LogP contribution in [0.1, 0.15) is 37.7 Å². The van der Waals surface area contributed by atoms with Crippen LogP contribution in [0.3, 0.4) is 0 Å². The summed E-state index contributed by atoms with van der Waals surface area (Å²) >= 11 is 0. The molecule has 0 aromatic heterocycles. The molecular weight excluding hydrogens is 330 g/mol. The molecule has 2 fully saturated rings. The van der Waals surface area contributed by atoms with Crippen molar-refractivity contribution in [1.82, 2.24) is 15.8 Å². The summed E-state index contributed by atoms with van der Waals surface area (Å²) in [5.41, 5.74) is 7.45. The molecule has 0 aliphatic carbocycles. The highest BCUT2D eigenvalue weighted by Crippen LogP contribution is 2.26. The largest absolute Gasteiger partial charge is 0.481 e. The van der Waals surface area contributed by atoms with Crippen LogP contribution in [-0.2, 0) is 9.59 Å². The van der Waals surface area contributed by atoms with Crippen LogP contribution in [-0.4, -0.2) is 47.1 Å². The van der Waals surface area contributed by atoms with Crippen LogP contribution in [0.25, 0.3) is 6.08 Å². The number of hydrogen-bond acceptors (Lipinski definition) is 4. The third-order valence-electron chi connectivity index (χ3n) is 5.30. The van der Waals surface area contributed by atoms with Crippen molar-refractivity contribution >= 4 is 18.0 Å². The van der Waals surface area contributed by atoms with E-state index in [4.69, 9.17) is 5.11 Å². The molecule has 2 unspecified atom stereocenters. The Bertz CT molecular complexity index is 639. The Balaban J connectivity index is 1.40. The summed E-state index contributed by atoms with van der Waals surface area (Å²) in [6.07, 6.45) is 7.27. The molecule has 140 valence electrons. The van der Waals surface area contributed by atoms with Gasteiger partial charge >= 0.3 is 5.97 Å². The van der Waals surface area contributed by atoms with Gasteiger partial charge in [0.2, 0.25) is 5.91 Å². The number of hydrazine groups is 1. The van der Waals surface area contributed by atoms with Gasteiger partial charge in [0, 0.05) is 31.6 Å². The molecule has 6 heteroatoms. The lowest BCUT2D eigenvalue weighted by Gasteiger charge is -2.34. The maximum Gasteiger partial charge on any atom is 0.304 e. The molecule has 26 heavy (non-hydrogen) atoms. The minimum absolute atomic E-state index is 0.000264. The SMILES string of the molecule is O=C(O)CC1CC(C2CCN(C(=O)C/C=C/c3ccccc3)CC2)NN1. The van der Waals surface area contributed by atoms with Gasteiger partial charge in [-0.05, 0) is 30.7 Å². The highest BCUT2D eigenvalue weighted by molar-refractivity contribution is 5.78. The molecule has 0 saturated carbocycles. The number of carbonyl (C=O) groups excluding carboxylic acids is 1. The summed E-state index contributed by atoms with van der Waals surface area (Å²) in [4.78, 5) is 25.1. The Morgan fingerprint density at radius 1 is 1.15 bits per heavy atom. The highest BCUT2D eigenvalue weighted by atomic mass is 16.4. The maximum absolute atomic E-state index is 12.4. The summed E-state index contributed by atoms with van der Waals surface area (Å²) in [5, 5.41) is 8.89. The van der Waals surface area contributed by atoms with Crippen LogP contribution in [0.5, 0.6) is 0 Å². The third kappa shape index (κ3) is 5.16. The number of nitrogens with one attached hydrogen (secondary N) is 2. The average Bonchev–Trinajstić information content (AvgIpc) is 3.10. The third-order valence-corrected chi connectivity index (χ3v) is 5.30. The number of amides is 1. The predicted molar refractivity (Wildman–Crippen MR) is 100 cm³/mol. The molecule has 2 aliphatic rings. The second-order valence-electron chi connectivity index (χ2n) is 7.16. The first-order chi connectivity index (χ1) is 12.6. The molecular formula is C20H27N3O3. The molecule has 3 rings (SSSR count). The van der Waals surface area contributed by atoms with Crippen molar-refractivity contribution in [2.24, 2.45) is 5.92 Å². The van der Waals surface area contributed by atoms with E-state index in [-0.39, 0.29) is 18.4 Å². The molecule has 2 saturated heterocycles. The van der Waals surface area contributed by atoms with Crippen molar-refractivity contribution in [3.8, 4) is 0 Å². The first kappa shape index (κ1) is 18.6. The van der Waals surface area contributed by atoms with Gasteiger partial charge in [-0.3, -0.25) is 20.4 Å². The zero-order valence-corrected chi connectivity index (χ0v) is 14.9. The maximum atomic E-state index is 12.4. The number of aliphatic carboxylic acids is 1. The van der Waals surface area contributed by atoms with E-state index < -0.39 is 5.97 Å². The monoisotopic (exact) mass is 357 g/mol. The minimum Gasteiger partial charge on any atom is -0.481 e. The number of carbonyl (C=O) groups is 2. The molecule has 1 amide bonds. The van der Waals surface area contributed by atoms with Crippen molar-refractivity contribution in [1.29, 1.82) is 0 Å². The van der Waals surface area contributed by atoms with Gasteiger partial charge in [0.05, 0.1) is 6.42 Å². The molecule has 2 atom stereocenters. The van der Waals surface area contributed by atoms with Crippen LogP contribution in [0.2, 0.25) is 0 Å². The summed E-state index contributed by atoms with van der Waals surface area (Å²) in [6, 6.07) is 10.3. The second-order valence-corrected chi connectivity index (χ2v) is 7.16. The van der Waals surface area contributed by atoms with E-state index in [9.17, 15) is 9.59 Å². The second kappa shape index (κ2) is 8.96. The van der Waals surface area contributed by atoms with Gasteiger partial charge in [0.25, 0.3) is 0 Å². The number of benzene rings is 1. The van der Waals surface area contributed by atoms with Gasteiger partial charge in [-0.1, -0.05) is 42.5 Å². The van der Waals surface area contributed by atoms with Crippen molar-refractivity contribution < 1.29 is 14.7 Å². The van der Waals surface area contributed by atoms with Gasteiger partial charge in [0.1, 0.15) is 0 Å². The summed E-state index contributed by atoms with van der Waals surface area (Å²) < 4.78 is 0. The lowest BCUT2D eigenvalue weighted by atomic mass is 9.87. The van der Waals surface area contributed by atoms with Crippen LogP contribution in [0.4, 0.5) is 0 Å². The fourth-order valence-electron chi connectivity index (χ4n) is 3.85. The first-order valence-corrected chi connectivity index (χ1v) is 9.34. The topological polar surface area (TPSA) is 81.7 Å². The van der Waals surface area contributed by atoms with Crippen LogP contribution >= 0.6 is 0 Å². The smallest absolute Gasteiger partial charge is 0.304 e. The molecule has 1 aromatic rings. The summed E-state index contributed by atoms with van der Waals surface area (Å²) in [6.45, 7) is 1.56. The summed E-state index contributed by atoms with van der Waals surface area (Å²) in [7, 11) is 0. The standard InChI is InChI=1S/C20H27N3O3/c24-19(8-4-7-15-5-2-1-3-6-15)23-11-9-16(10-12-23)18-13-17(21-22-18)14-20(25)26/h1-7,16-18,21-22H,8-14H2,(H,25,26)/b7-4+. The minimum atomic E-state index is -0.770. The zero-order valence-electron chi connectivity index (χ0n) is 14.9. The number of piperidine rings is 1. The van der Waals surface area contributed by atoms with Gasteiger partial charge < -0.3 is 10.0 Å². The Morgan fingerprint density at radius 3 is 2.58 bits per heavy atom. The Labute approximate surface area is 154 Å². The van der Waals surface area contributed by atoms with Crippen molar-refractivity contribution in [2.75, 3.05) is 13.1 Å². The fourth-order valence-corrected chi connectivity index (χ4v) is 3.85. The number of rotatable bonds is 6. The number of carboxylic acids is 1. The van der Waals surface area contributed by atoms with Crippen LogP contribution in [0, 0.1) is 5.92 Å². The number of nitrogens with zero attached hydrogens (tertiary/aromatic N) is 1. The van der Waals surface area contributed by atoms with E-state index in [0.29, 0.717) is 18.4 Å². The van der Waals surface area contributed by atoms with Gasteiger partial charge in [0.15, 0.2) is 0 Å². The molecule has 1 aromatic carbocycles. The average molecular weight is 357 g/mol. The van der Waals surface area contributed by atoms with Gasteiger partial charge in [-0.15, -0.1) is 0 Å². The van der Waals surface area contributed by atoms with Crippen molar-refractivity contribution in [2.45, 2.75) is 44.2 Å². The van der Waals surface area contributed by atoms with E-state index in [1.54, 1.807) is 0 Å². The molecule has 0 radical (unpaired) electrons. The lowest BCUT2D eigenvalue weighted by Crippen LogP contribution is -2.44. The van der Waals surface area contributed by atoms with E-state index in [0.717, 1.165) is 37.9 Å². The van der Waals surface area contributed by atoms with Gasteiger partial charge in [-0.2, -0.15) is 0 Å². The normalized spacial score (nSPS) is 24.2. The highest BCUT2D eigenvalue weighted by Gasteiger charge is 2.33. The number of likely N-dealkylation sites (tertiary alicyclic amines) is 1. The van der Waals surface area contributed by atoms with E-state index >= 15 is 0 Å². The Hall–Kier alpha value is -2.18. The fraction of sp³-hybridized carbons (Fsp3) is 0.500. The molecule has 6 nitrogen and oxygen atoms in total. The van der Waals surface area contributed by atoms with Crippen LogP contribution in [0.15, 0.2) is 36.4 Å². The molecule has 2 aliphatic heterocycles. The number of hydrogen-bond donors (Lipinski definition) is 3. The molecule has 3 N–H and O–H groups in total. The Kier molecular flexibility index (Phi) is 6.41. The predicted octanol–water partition coefficient (Wildman–Crippen LogP) is 2.04. The van der Waals surface area contributed by atoms with E-state index in [1.165, 1.54) is 0 Å². The number of carboxylic acid groups (broad SMARTS) is 1.